The van der Waals surface area contributed by atoms with Gasteiger partial charge in [-0.25, -0.2) is 0 Å². The summed E-state index contributed by atoms with van der Waals surface area (Å²) in [6.07, 6.45) is 6.00. The van der Waals surface area contributed by atoms with Crippen molar-refractivity contribution in [3.8, 4) is 11.5 Å². The first kappa shape index (κ1) is 22.9. The maximum Gasteiger partial charge on any atom is 0.143 e. The van der Waals surface area contributed by atoms with Crippen LogP contribution in [0.5, 0.6) is 11.5 Å². The standard InChI is InChI=1S/C28H34O3/c1-4-5-6-7-11-22-31-28(23-12-9-8-10-13-23,24-14-18-26(29-2)19-15-24)25-16-20-27(30-3)21-17-25/h8-10,12-21H,4-7,11,22H2,1-3H3. The Balaban J connectivity index is 2.05. The average Bonchev–Trinajstić information content (AvgIpc) is 2.85. The quantitative estimate of drug-likeness (QED) is 0.234. The molecule has 31 heavy (non-hydrogen) atoms. The van der Waals surface area contributed by atoms with E-state index in [1.807, 2.05) is 30.3 Å². The minimum absolute atomic E-state index is 0.691. The molecule has 0 aliphatic carbocycles. The Morgan fingerprint density at radius 2 is 1.06 bits per heavy atom. The SMILES string of the molecule is CCCCCCCOC(c1ccccc1)(c1ccc(OC)cc1)c1ccc(OC)cc1. The third-order valence-electron chi connectivity index (χ3n) is 5.74. The van der Waals surface area contributed by atoms with Crippen molar-refractivity contribution in [1.82, 2.24) is 0 Å². The van der Waals surface area contributed by atoms with Gasteiger partial charge in [-0.3, -0.25) is 0 Å². The Labute approximate surface area is 187 Å². The highest BCUT2D eigenvalue weighted by atomic mass is 16.5. The van der Waals surface area contributed by atoms with Gasteiger partial charge in [-0.2, -0.15) is 0 Å². The summed E-state index contributed by atoms with van der Waals surface area (Å²) in [6, 6.07) is 26.9. The number of hydrogen-bond acceptors (Lipinski definition) is 3. The number of hydrogen-bond donors (Lipinski definition) is 0. The summed E-state index contributed by atoms with van der Waals surface area (Å²) < 4.78 is 17.6. The molecule has 0 aromatic heterocycles. The molecule has 0 spiro atoms. The van der Waals surface area contributed by atoms with Gasteiger partial charge in [0.05, 0.1) is 14.2 Å². The zero-order chi connectivity index (χ0) is 21.9. The molecule has 0 bridgehead atoms. The summed E-state index contributed by atoms with van der Waals surface area (Å²) in [5, 5.41) is 0. The van der Waals surface area contributed by atoms with E-state index in [1.54, 1.807) is 14.2 Å². The zero-order valence-corrected chi connectivity index (χ0v) is 19.0. The molecule has 0 heterocycles. The van der Waals surface area contributed by atoms with Crippen molar-refractivity contribution < 1.29 is 14.2 Å². The van der Waals surface area contributed by atoms with E-state index in [9.17, 15) is 0 Å². The van der Waals surface area contributed by atoms with Gasteiger partial charge < -0.3 is 14.2 Å². The van der Waals surface area contributed by atoms with Crippen LogP contribution < -0.4 is 9.47 Å². The van der Waals surface area contributed by atoms with Crippen molar-refractivity contribution in [1.29, 1.82) is 0 Å². The summed E-state index contributed by atoms with van der Waals surface area (Å²) in [4.78, 5) is 0. The molecule has 0 unspecified atom stereocenters. The first-order valence-electron chi connectivity index (χ1n) is 11.2. The molecule has 0 saturated heterocycles. The van der Waals surface area contributed by atoms with E-state index < -0.39 is 5.60 Å². The second-order valence-electron chi connectivity index (χ2n) is 7.77. The van der Waals surface area contributed by atoms with Gasteiger partial charge in [-0.15, -0.1) is 0 Å². The lowest BCUT2D eigenvalue weighted by molar-refractivity contribution is 0.0106. The van der Waals surface area contributed by atoms with Crippen LogP contribution >= 0.6 is 0 Å². The van der Waals surface area contributed by atoms with Crippen LogP contribution in [-0.4, -0.2) is 20.8 Å². The molecular formula is C28H34O3. The Morgan fingerprint density at radius 3 is 1.55 bits per heavy atom. The number of ether oxygens (including phenoxy) is 3. The highest BCUT2D eigenvalue weighted by molar-refractivity contribution is 5.49. The van der Waals surface area contributed by atoms with Gasteiger partial charge in [0.1, 0.15) is 17.1 Å². The van der Waals surface area contributed by atoms with E-state index >= 15 is 0 Å². The maximum absolute atomic E-state index is 6.83. The molecule has 0 atom stereocenters. The molecule has 3 nitrogen and oxygen atoms in total. The van der Waals surface area contributed by atoms with Crippen molar-refractivity contribution in [3.05, 3.63) is 95.6 Å². The minimum Gasteiger partial charge on any atom is -0.497 e. The van der Waals surface area contributed by atoms with Crippen molar-refractivity contribution in [2.45, 2.75) is 44.6 Å². The number of unbranched alkanes of at least 4 members (excludes halogenated alkanes) is 4. The largest absolute Gasteiger partial charge is 0.497 e. The molecule has 164 valence electrons. The predicted molar refractivity (Wildman–Crippen MR) is 127 cm³/mol. The smallest absolute Gasteiger partial charge is 0.143 e. The second-order valence-corrected chi connectivity index (χ2v) is 7.77. The Kier molecular flexibility index (Phi) is 8.54. The Morgan fingerprint density at radius 1 is 0.581 bits per heavy atom. The third kappa shape index (κ3) is 5.48. The lowest BCUT2D eigenvalue weighted by atomic mass is 9.80. The number of methoxy groups -OCH3 is 2. The first-order chi connectivity index (χ1) is 15.2. The normalized spacial score (nSPS) is 11.3. The summed E-state index contributed by atoms with van der Waals surface area (Å²) >= 11 is 0. The lowest BCUT2D eigenvalue weighted by Gasteiger charge is -2.36. The number of benzene rings is 3. The van der Waals surface area contributed by atoms with Gasteiger partial charge in [0.25, 0.3) is 0 Å². The van der Waals surface area contributed by atoms with Gasteiger partial charge in [0.2, 0.25) is 0 Å². The molecule has 0 amide bonds. The molecule has 0 N–H and O–H groups in total. The molecule has 3 aromatic rings. The maximum atomic E-state index is 6.83. The molecule has 0 fully saturated rings. The molecule has 3 aromatic carbocycles. The van der Waals surface area contributed by atoms with Crippen LogP contribution in [0.4, 0.5) is 0 Å². The van der Waals surface area contributed by atoms with Gasteiger partial charge in [0.15, 0.2) is 0 Å². The summed E-state index contributed by atoms with van der Waals surface area (Å²) in [6.45, 7) is 2.93. The molecule has 3 heteroatoms. The van der Waals surface area contributed by atoms with Crippen molar-refractivity contribution in [2.24, 2.45) is 0 Å². The van der Waals surface area contributed by atoms with Crippen LogP contribution in [0.25, 0.3) is 0 Å². The van der Waals surface area contributed by atoms with Crippen molar-refractivity contribution in [2.75, 3.05) is 20.8 Å². The van der Waals surface area contributed by atoms with Crippen LogP contribution in [0.15, 0.2) is 78.9 Å². The van der Waals surface area contributed by atoms with Crippen molar-refractivity contribution in [3.63, 3.8) is 0 Å². The fraction of sp³-hybridized carbons (Fsp3) is 0.357. The second kappa shape index (κ2) is 11.6. The van der Waals surface area contributed by atoms with Gasteiger partial charge in [0, 0.05) is 6.61 Å². The predicted octanol–water partition coefficient (Wildman–Crippen LogP) is 6.98. The molecule has 3 rings (SSSR count). The zero-order valence-electron chi connectivity index (χ0n) is 19.0. The van der Waals surface area contributed by atoms with Crippen LogP contribution in [0, 0.1) is 0 Å². The molecule has 0 aliphatic rings. The highest BCUT2D eigenvalue weighted by Gasteiger charge is 2.37. The van der Waals surface area contributed by atoms with E-state index in [0.717, 1.165) is 34.6 Å². The van der Waals surface area contributed by atoms with E-state index in [2.05, 4.69) is 55.5 Å². The summed E-state index contributed by atoms with van der Waals surface area (Å²) in [7, 11) is 3.38. The third-order valence-corrected chi connectivity index (χ3v) is 5.74. The van der Waals surface area contributed by atoms with E-state index in [-0.39, 0.29) is 0 Å². The monoisotopic (exact) mass is 418 g/mol. The van der Waals surface area contributed by atoms with Gasteiger partial charge >= 0.3 is 0 Å². The van der Waals surface area contributed by atoms with Crippen molar-refractivity contribution >= 4 is 0 Å². The van der Waals surface area contributed by atoms with E-state index in [1.165, 1.54) is 25.7 Å². The first-order valence-corrected chi connectivity index (χ1v) is 11.2. The molecule has 0 saturated carbocycles. The van der Waals surface area contributed by atoms with Crippen LogP contribution in [-0.2, 0) is 10.3 Å². The molecule has 0 radical (unpaired) electrons. The van der Waals surface area contributed by atoms with Gasteiger partial charge in [-0.05, 0) is 47.4 Å². The lowest BCUT2D eigenvalue weighted by Crippen LogP contribution is -2.33. The summed E-state index contributed by atoms with van der Waals surface area (Å²) in [5.74, 6) is 1.67. The molecular weight excluding hydrogens is 384 g/mol. The van der Waals surface area contributed by atoms with Crippen LogP contribution in [0.3, 0.4) is 0 Å². The Hall–Kier alpha value is -2.78. The minimum atomic E-state index is -0.704. The fourth-order valence-corrected chi connectivity index (χ4v) is 4.01. The van der Waals surface area contributed by atoms with Crippen LogP contribution in [0.1, 0.15) is 55.7 Å². The van der Waals surface area contributed by atoms with Crippen LogP contribution in [0.2, 0.25) is 0 Å². The van der Waals surface area contributed by atoms with Gasteiger partial charge in [-0.1, -0.05) is 87.2 Å². The number of rotatable bonds is 12. The average molecular weight is 419 g/mol. The Bertz CT molecular complexity index is 838. The molecule has 0 aliphatic heterocycles. The highest BCUT2D eigenvalue weighted by Crippen LogP contribution is 2.41. The van der Waals surface area contributed by atoms with E-state index in [4.69, 9.17) is 14.2 Å². The summed E-state index contributed by atoms with van der Waals surface area (Å²) in [5.41, 5.74) is 2.57. The topological polar surface area (TPSA) is 27.7 Å². The van der Waals surface area contributed by atoms with E-state index in [0.29, 0.717) is 6.61 Å². The fourth-order valence-electron chi connectivity index (χ4n) is 4.01.